The van der Waals surface area contributed by atoms with Crippen LogP contribution in [0.1, 0.15) is 22.3 Å². The van der Waals surface area contributed by atoms with E-state index in [-0.39, 0.29) is 0 Å². The second-order valence-corrected chi connectivity index (χ2v) is 13.3. The molecule has 2 aliphatic rings. The van der Waals surface area contributed by atoms with Crippen molar-refractivity contribution in [2.75, 3.05) is 4.90 Å². The van der Waals surface area contributed by atoms with E-state index in [1.807, 2.05) is 0 Å². The average molecular weight is 652 g/mol. The van der Waals surface area contributed by atoms with Gasteiger partial charge in [-0.15, -0.1) is 0 Å². The van der Waals surface area contributed by atoms with E-state index >= 15 is 0 Å². The fourth-order valence-electron chi connectivity index (χ4n) is 8.33. The van der Waals surface area contributed by atoms with Gasteiger partial charge >= 0.3 is 0 Å². The number of rotatable bonds is 5. The van der Waals surface area contributed by atoms with Crippen LogP contribution in [0.5, 0.6) is 11.5 Å². The van der Waals surface area contributed by atoms with Crippen molar-refractivity contribution in [1.82, 2.24) is 0 Å². The van der Waals surface area contributed by atoms with Gasteiger partial charge in [-0.25, -0.2) is 0 Å². The molecule has 1 aliphatic carbocycles. The summed E-state index contributed by atoms with van der Waals surface area (Å²) in [7, 11) is 0. The Morgan fingerprint density at radius 1 is 0.333 bits per heavy atom. The van der Waals surface area contributed by atoms with E-state index in [1.165, 1.54) is 44.5 Å². The Morgan fingerprint density at radius 2 is 0.765 bits per heavy atom. The van der Waals surface area contributed by atoms with Gasteiger partial charge in [0.25, 0.3) is 0 Å². The van der Waals surface area contributed by atoms with Gasteiger partial charge in [0.15, 0.2) is 5.75 Å². The maximum absolute atomic E-state index is 7.09. The number of para-hydroxylation sites is 2. The molecule has 51 heavy (non-hydrogen) atoms. The third kappa shape index (κ3) is 4.50. The van der Waals surface area contributed by atoms with Crippen LogP contribution >= 0.6 is 0 Å². The van der Waals surface area contributed by atoms with Crippen LogP contribution in [0.25, 0.3) is 33.4 Å². The topological polar surface area (TPSA) is 12.5 Å². The predicted octanol–water partition coefficient (Wildman–Crippen LogP) is 13.0. The normalized spacial score (nSPS) is 13.0. The lowest BCUT2D eigenvalue weighted by atomic mass is 9.66. The van der Waals surface area contributed by atoms with E-state index in [1.54, 1.807) is 0 Å². The molecule has 1 spiro atoms. The number of anilines is 3. The molecule has 0 radical (unpaired) electrons. The number of hydrogen-bond donors (Lipinski definition) is 0. The summed E-state index contributed by atoms with van der Waals surface area (Å²) in [6.07, 6.45) is 0. The molecule has 240 valence electrons. The molecule has 8 aromatic carbocycles. The zero-order valence-corrected chi connectivity index (χ0v) is 27.9. The van der Waals surface area contributed by atoms with Gasteiger partial charge in [-0.1, -0.05) is 164 Å². The maximum Gasteiger partial charge on any atom is 0.156 e. The fraction of sp³-hybridized carbons (Fsp3) is 0.0204. The summed E-state index contributed by atoms with van der Waals surface area (Å²) < 4.78 is 7.09. The van der Waals surface area contributed by atoms with Crippen molar-refractivity contribution < 1.29 is 4.74 Å². The molecular formula is C49H33NO. The molecule has 0 atom stereocenters. The van der Waals surface area contributed by atoms with Crippen molar-refractivity contribution in [2.45, 2.75) is 5.41 Å². The molecule has 1 heterocycles. The number of benzene rings is 8. The first-order chi connectivity index (χ1) is 25.3. The zero-order valence-electron chi connectivity index (χ0n) is 27.9. The molecule has 0 amide bonds. The van der Waals surface area contributed by atoms with Crippen LogP contribution in [0.3, 0.4) is 0 Å². The largest absolute Gasteiger partial charge is 0.454 e. The molecule has 0 N–H and O–H groups in total. The first-order valence-electron chi connectivity index (χ1n) is 17.5. The zero-order chi connectivity index (χ0) is 33.8. The van der Waals surface area contributed by atoms with E-state index in [9.17, 15) is 0 Å². The van der Waals surface area contributed by atoms with E-state index < -0.39 is 5.41 Å². The van der Waals surface area contributed by atoms with Crippen molar-refractivity contribution in [3.8, 4) is 44.9 Å². The highest BCUT2D eigenvalue weighted by molar-refractivity contribution is 5.91. The van der Waals surface area contributed by atoms with Gasteiger partial charge in [-0.2, -0.15) is 0 Å². The van der Waals surface area contributed by atoms with Crippen LogP contribution in [0.4, 0.5) is 17.1 Å². The standard InChI is InChI=1S/C49H33NO/c1-3-14-34(15-4-1)36-26-30-38(31-27-36)50(39-32-28-37(29-33-39)35-16-5-2-6-17-35)46-24-13-23-45-48(46)51-47-25-12-11-22-44(47)49(45)42-20-9-7-18-40(42)41-19-8-10-21-43(41)49/h1-33H. The van der Waals surface area contributed by atoms with Crippen LogP contribution in [0.2, 0.25) is 0 Å². The Labute approximate surface area is 298 Å². The van der Waals surface area contributed by atoms with Gasteiger partial charge < -0.3 is 9.64 Å². The Morgan fingerprint density at radius 3 is 1.31 bits per heavy atom. The highest BCUT2D eigenvalue weighted by Crippen LogP contribution is 2.63. The van der Waals surface area contributed by atoms with Crippen LogP contribution < -0.4 is 9.64 Å². The van der Waals surface area contributed by atoms with Gasteiger partial charge in [-0.3, -0.25) is 0 Å². The van der Waals surface area contributed by atoms with E-state index in [0.717, 1.165) is 39.7 Å². The predicted molar refractivity (Wildman–Crippen MR) is 209 cm³/mol. The molecule has 0 bridgehead atoms. The summed E-state index contributed by atoms with van der Waals surface area (Å²) in [5, 5.41) is 0. The van der Waals surface area contributed by atoms with Gasteiger partial charge in [0.2, 0.25) is 0 Å². The summed E-state index contributed by atoms with van der Waals surface area (Å²) in [5.41, 5.74) is 14.7. The summed E-state index contributed by atoms with van der Waals surface area (Å²) in [6, 6.07) is 71.8. The average Bonchev–Trinajstić information content (AvgIpc) is 3.50. The van der Waals surface area contributed by atoms with Gasteiger partial charge in [0.05, 0.1) is 11.1 Å². The number of ether oxygens (including phenoxy) is 1. The van der Waals surface area contributed by atoms with Crippen LogP contribution in [0.15, 0.2) is 200 Å². The molecule has 0 saturated carbocycles. The fourth-order valence-corrected chi connectivity index (χ4v) is 8.33. The SMILES string of the molecule is c1ccc(-c2ccc(N(c3ccc(-c4ccccc4)cc3)c3cccc4c3Oc3ccccc3C43c4ccccc4-c4ccccc43)cc2)cc1. The van der Waals surface area contributed by atoms with Crippen molar-refractivity contribution in [3.05, 3.63) is 222 Å². The summed E-state index contributed by atoms with van der Waals surface area (Å²) in [4.78, 5) is 2.34. The first-order valence-corrected chi connectivity index (χ1v) is 17.5. The van der Waals surface area contributed by atoms with Gasteiger partial charge in [0, 0.05) is 22.5 Å². The van der Waals surface area contributed by atoms with Crippen molar-refractivity contribution in [3.63, 3.8) is 0 Å². The molecule has 8 aromatic rings. The number of nitrogens with zero attached hydrogens (tertiary/aromatic N) is 1. The minimum atomic E-state index is -0.534. The Kier molecular flexibility index (Phi) is 6.75. The Balaban J connectivity index is 1.21. The van der Waals surface area contributed by atoms with Gasteiger partial charge in [-0.05, 0) is 80.9 Å². The van der Waals surface area contributed by atoms with E-state index in [0.29, 0.717) is 0 Å². The summed E-state index contributed by atoms with van der Waals surface area (Å²) in [6.45, 7) is 0. The van der Waals surface area contributed by atoms with E-state index in [2.05, 4.69) is 205 Å². The lowest BCUT2D eigenvalue weighted by molar-refractivity contribution is 0.437. The molecule has 2 nitrogen and oxygen atoms in total. The highest BCUT2D eigenvalue weighted by atomic mass is 16.5. The van der Waals surface area contributed by atoms with Crippen molar-refractivity contribution >= 4 is 17.1 Å². The van der Waals surface area contributed by atoms with E-state index in [4.69, 9.17) is 4.74 Å². The molecule has 1 aliphatic heterocycles. The quantitative estimate of drug-likeness (QED) is 0.184. The van der Waals surface area contributed by atoms with Crippen LogP contribution in [-0.4, -0.2) is 0 Å². The molecule has 10 rings (SSSR count). The van der Waals surface area contributed by atoms with Crippen LogP contribution in [-0.2, 0) is 5.41 Å². The van der Waals surface area contributed by atoms with Crippen LogP contribution in [0, 0.1) is 0 Å². The molecule has 0 fully saturated rings. The monoisotopic (exact) mass is 651 g/mol. The summed E-state index contributed by atoms with van der Waals surface area (Å²) >= 11 is 0. The van der Waals surface area contributed by atoms with Gasteiger partial charge in [0.1, 0.15) is 5.75 Å². The maximum atomic E-state index is 7.09. The van der Waals surface area contributed by atoms with Crippen molar-refractivity contribution in [2.24, 2.45) is 0 Å². The first kappa shape index (κ1) is 29.3. The smallest absolute Gasteiger partial charge is 0.156 e. The minimum Gasteiger partial charge on any atom is -0.454 e. The Bertz CT molecular complexity index is 2410. The molecular weight excluding hydrogens is 619 g/mol. The molecule has 0 saturated heterocycles. The minimum absolute atomic E-state index is 0.534. The highest BCUT2D eigenvalue weighted by Gasteiger charge is 2.51. The summed E-state index contributed by atoms with van der Waals surface area (Å²) in [5.74, 6) is 1.74. The molecule has 0 aromatic heterocycles. The Hall–Kier alpha value is -6.64. The third-order valence-corrected chi connectivity index (χ3v) is 10.6. The lowest BCUT2D eigenvalue weighted by Crippen LogP contribution is -2.32. The second-order valence-electron chi connectivity index (χ2n) is 13.3. The lowest BCUT2D eigenvalue weighted by Gasteiger charge is -2.41. The molecule has 2 heteroatoms. The number of fused-ring (bicyclic) bond motifs is 9. The van der Waals surface area contributed by atoms with Crippen molar-refractivity contribution in [1.29, 1.82) is 0 Å². The number of hydrogen-bond acceptors (Lipinski definition) is 2. The second kappa shape index (κ2) is 11.8. The third-order valence-electron chi connectivity index (χ3n) is 10.6. The molecule has 0 unspecified atom stereocenters.